The molecule has 0 unspecified atom stereocenters. The summed E-state index contributed by atoms with van der Waals surface area (Å²) in [6.07, 6.45) is 2.78. The SMILES string of the molecule is CN(C)S(=O)(=O)c1ccc(NC(=O)/C=C/c2ccc(OC(F)F)cc2)cc1. The number of nitrogens with zero attached hydrogens (tertiary/aromatic N) is 1. The number of hydrogen-bond donors (Lipinski definition) is 1. The largest absolute Gasteiger partial charge is 0.435 e. The van der Waals surface area contributed by atoms with E-state index in [4.69, 9.17) is 0 Å². The molecule has 2 rings (SSSR count). The standard InChI is InChI=1S/C18H18F2N2O4S/c1-22(2)27(24,25)16-10-6-14(7-11-16)21-17(23)12-5-13-3-8-15(9-4-13)26-18(19)20/h3-12,18H,1-2H3,(H,21,23)/b12-5+. The summed E-state index contributed by atoms with van der Waals surface area (Å²) >= 11 is 0. The van der Waals surface area contributed by atoms with Crippen molar-refractivity contribution >= 4 is 27.7 Å². The summed E-state index contributed by atoms with van der Waals surface area (Å²) in [7, 11) is -0.665. The van der Waals surface area contributed by atoms with Gasteiger partial charge in [-0.3, -0.25) is 4.79 Å². The Hall–Kier alpha value is -2.78. The van der Waals surface area contributed by atoms with Gasteiger partial charge in [0, 0.05) is 25.9 Å². The second kappa shape index (κ2) is 8.74. The number of carbonyl (C=O) groups is 1. The van der Waals surface area contributed by atoms with Gasteiger partial charge >= 0.3 is 6.61 Å². The van der Waals surface area contributed by atoms with E-state index in [1.54, 1.807) is 0 Å². The van der Waals surface area contributed by atoms with Gasteiger partial charge in [0.2, 0.25) is 15.9 Å². The molecular weight excluding hydrogens is 378 g/mol. The number of benzene rings is 2. The number of carbonyl (C=O) groups excluding carboxylic acids is 1. The maximum Gasteiger partial charge on any atom is 0.387 e. The summed E-state index contributed by atoms with van der Waals surface area (Å²) in [4.78, 5) is 12.1. The quantitative estimate of drug-likeness (QED) is 0.730. The van der Waals surface area contributed by atoms with Gasteiger partial charge < -0.3 is 10.1 Å². The lowest BCUT2D eigenvalue weighted by atomic mass is 10.2. The molecule has 0 heterocycles. The number of ether oxygens (including phenoxy) is 1. The maximum absolute atomic E-state index is 12.1. The second-order valence-corrected chi connectivity index (χ2v) is 7.73. The average molecular weight is 396 g/mol. The van der Waals surface area contributed by atoms with Gasteiger partial charge in [0.15, 0.2) is 0 Å². The topological polar surface area (TPSA) is 75.7 Å². The van der Waals surface area contributed by atoms with E-state index in [9.17, 15) is 22.0 Å². The van der Waals surface area contributed by atoms with Crippen molar-refractivity contribution in [2.45, 2.75) is 11.5 Å². The molecule has 27 heavy (non-hydrogen) atoms. The minimum atomic E-state index is -3.53. The van der Waals surface area contributed by atoms with Crippen molar-refractivity contribution in [3.63, 3.8) is 0 Å². The molecule has 0 aliphatic rings. The molecule has 1 N–H and O–H groups in total. The zero-order valence-corrected chi connectivity index (χ0v) is 15.4. The van der Waals surface area contributed by atoms with Gasteiger partial charge in [0.25, 0.3) is 0 Å². The van der Waals surface area contributed by atoms with Gasteiger partial charge in [-0.05, 0) is 48.0 Å². The van der Waals surface area contributed by atoms with Crippen molar-refractivity contribution in [1.82, 2.24) is 4.31 Å². The first-order valence-electron chi connectivity index (χ1n) is 7.75. The van der Waals surface area contributed by atoms with Gasteiger partial charge in [-0.25, -0.2) is 12.7 Å². The molecule has 0 aromatic heterocycles. The Morgan fingerprint density at radius 1 is 1.07 bits per heavy atom. The van der Waals surface area contributed by atoms with E-state index in [-0.39, 0.29) is 10.6 Å². The van der Waals surface area contributed by atoms with Crippen molar-refractivity contribution in [1.29, 1.82) is 0 Å². The van der Waals surface area contributed by atoms with Crippen LogP contribution in [0.25, 0.3) is 6.08 Å². The first-order valence-corrected chi connectivity index (χ1v) is 9.19. The summed E-state index contributed by atoms with van der Waals surface area (Å²) in [5.74, 6) is -0.398. The van der Waals surface area contributed by atoms with E-state index < -0.39 is 22.5 Å². The fourth-order valence-corrected chi connectivity index (χ4v) is 2.94. The van der Waals surface area contributed by atoms with Gasteiger partial charge in [-0.2, -0.15) is 8.78 Å². The summed E-state index contributed by atoms with van der Waals surface area (Å²) in [6, 6.07) is 11.6. The van der Waals surface area contributed by atoms with Crippen molar-refractivity contribution in [3.8, 4) is 5.75 Å². The highest BCUT2D eigenvalue weighted by atomic mass is 32.2. The van der Waals surface area contributed by atoms with Crippen molar-refractivity contribution in [2.75, 3.05) is 19.4 Å². The van der Waals surface area contributed by atoms with Crippen molar-refractivity contribution in [3.05, 3.63) is 60.2 Å². The fraction of sp³-hybridized carbons (Fsp3) is 0.167. The van der Waals surface area contributed by atoms with Gasteiger partial charge in [0.1, 0.15) is 5.75 Å². The molecule has 0 saturated carbocycles. The Balaban J connectivity index is 1.98. The number of alkyl halides is 2. The Kier molecular flexibility index (Phi) is 6.65. The molecule has 2 aromatic rings. The minimum Gasteiger partial charge on any atom is -0.435 e. The lowest BCUT2D eigenvalue weighted by Gasteiger charge is -2.11. The lowest BCUT2D eigenvalue weighted by Crippen LogP contribution is -2.22. The maximum atomic E-state index is 12.1. The van der Waals surface area contributed by atoms with Crippen LogP contribution in [0.2, 0.25) is 0 Å². The molecule has 0 bridgehead atoms. The normalized spacial score (nSPS) is 11.9. The van der Waals surface area contributed by atoms with Crippen LogP contribution in [0.5, 0.6) is 5.75 Å². The van der Waals surface area contributed by atoms with Crippen molar-refractivity contribution in [2.24, 2.45) is 0 Å². The third kappa shape index (κ3) is 5.87. The van der Waals surface area contributed by atoms with Gasteiger partial charge in [-0.1, -0.05) is 12.1 Å². The minimum absolute atomic E-state index is 0.0272. The smallest absolute Gasteiger partial charge is 0.387 e. The van der Waals surface area contributed by atoms with Gasteiger partial charge in [0.05, 0.1) is 4.90 Å². The van der Waals surface area contributed by atoms with Crippen LogP contribution in [0.3, 0.4) is 0 Å². The molecule has 0 fully saturated rings. The third-order valence-corrected chi connectivity index (χ3v) is 5.26. The summed E-state index contributed by atoms with van der Waals surface area (Å²) in [5.41, 5.74) is 1.06. The zero-order valence-electron chi connectivity index (χ0n) is 14.6. The van der Waals surface area contributed by atoms with Crippen LogP contribution in [0.4, 0.5) is 14.5 Å². The third-order valence-electron chi connectivity index (χ3n) is 3.43. The molecule has 0 saturated heterocycles. The molecule has 144 valence electrons. The average Bonchev–Trinajstić information content (AvgIpc) is 2.61. The Bertz CT molecular complexity index is 909. The highest BCUT2D eigenvalue weighted by molar-refractivity contribution is 7.89. The van der Waals surface area contributed by atoms with E-state index in [0.29, 0.717) is 11.3 Å². The first kappa shape index (κ1) is 20.5. The van der Waals surface area contributed by atoms with Gasteiger partial charge in [-0.15, -0.1) is 0 Å². The number of amides is 1. The van der Waals surface area contributed by atoms with Crippen LogP contribution in [0, 0.1) is 0 Å². The highest BCUT2D eigenvalue weighted by Gasteiger charge is 2.16. The van der Waals surface area contributed by atoms with Crippen LogP contribution in [0.15, 0.2) is 59.5 Å². The van der Waals surface area contributed by atoms with E-state index >= 15 is 0 Å². The Morgan fingerprint density at radius 2 is 1.67 bits per heavy atom. The molecule has 9 heteroatoms. The lowest BCUT2D eigenvalue weighted by molar-refractivity contribution is -0.111. The second-order valence-electron chi connectivity index (χ2n) is 5.58. The van der Waals surface area contributed by atoms with E-state index in [0.717, 1.165) is 4.31 Å². The van der Waals surface area contributed by atoms with Crippen LogP contribution in [-0.2, 0) is 14.8 Å². The Morgan fingerprint density at radius 3 is 2.19 bits per heavy atom. The summed E-state index contributed by atoms with van der Waals surface area (Å²) < 4.78 is 53.5. The predicted molar refractivity (Wildman–Crippen MR) is 98.1 cm³/mol. The molecule has 0 radical (unpaired) electrons. The van der Waals surface area contributed by atoms with E-state index in [2.05, 4.69) is 10.1 Å². The van der Waals surface area contributed by atoms with Crippen LogP contribution < -0.4 is 10.1 Å². The van der Waals surface area contributed by atoms with Crippen LogP contribution in [0.1, 0.15) is 5.56 Å². The van der Waals surface area contributed by atoms with E-state index in [1.807, 2.05) is 0 Å². The molecular formula is C18H18F2N2O4S. The number of rotatable bonds is 7. The summed E-state index contributed by atoms with van der Waals surface area (Å²) in [5, 5.41) is 2.60. The number of nitrogens with one attached hydrogen (secondary N) is 1. The number of halogens is 2. The molecule has 0 aliphatic carbocycles. The van der Waals surface area contributed by atoms with E-state index in [1.165, 1.54) is 74.8 Å². The monoisotopic (exact) mass is 396 g/mol. The van der Waals surface area contributed by atoms with Crippen LogP contribution >= 0.6 is 0 Å². The number of sulfonamides is 1. The summed E-state index contributed by atoms with van der Waals surface area (Å²) in [6.45, 7) is -2.89. The highest BCUT2D eigenvalue weighted by Crippen LogP contribution is 2.17. The molecule has 6 nitrogen and oxygen atoms in total. The number of anilines is 1. The molecule has 0 aliphatic heterocycles. The fourth-order valence-electron chi connectivity index (χ4n) is 2.04. The predicted octanol–water partition coefficient (Wildman–Crippen LogP) is 3.19. The number of hydrogen-bond acceptors (Lipinski definition) is 4. The zero-order chi connectivity index (χ0) is 20.0. The molecule has 0 atom stereocenters. The first-order chi connectivity index (χ1) is 12.7. The molecule has 1 amide bonds. The van der Waals surface area contributed by atoms with Crippen molar-refractivity contribution < 1.29 is 26.7 Å². The Labute approximate surface area is 156 Å². The molecule has 0 spiro atoms. The van der Waals surface area contributed by atoms with Crippen LogP contribution in [-0.4, -0.2) is 39.3 Å². The molecule has 2 aromatic carbocycles.